The largest absolute Gasteiger partial charge is 0.345 e. The Bertz CT molecular complexity index is 648. The highest BCUT2D eigenvalue weighted by Crippen LogP contribution is 2.07. The molecule has 0 unspecified atom stereocenters. The summed E-state index contributed by atoms with van der Waals surface area (Å²) in [5.74, 6) is 6.03. The van der Waals surface area contributed by atoms with Gasteiger partial charge in [0.1, 0.15) is 0 Å². The Morgan fingerprint density at radius 3 is 2.36 bits per heavy atom. The van der Waals surface area contributed by atoms with E-state index in [1.54, 1.807) is 0 Å². The van der Waals surface area contributed by atoms with Gasteiger partial charge in [-0.05, 0) is 36.1 Å². The topological polar surface area (TPSA) is 29.1 Å². The second-order valence-corrected chi connectivity index (χ2v) is 5.11. The Labute approximate surface area is 132 Å². The van der Waals surface area contributed by atoms with E-state index in [4.69, 9.17) is 0 Å². The van der Waals surface area contributed by atoms with Crippen LogP contribution in [-0.2, 0) is 17.6 Å². The molecule has 22 heavy (non-hydrogen) atoms. The molecule has 0 bridgehead atoms. The molecule has 0 aliphatic carbocycles. The van der Waals surface area contributed by atoms with Gasteiger partial charge in [0, 0.05) is 12.0 Å². The van der Waals surface area contributed by atoms with E-state index >= 15 is 0 Å². The van der Waals surface area contributed by atoms with Crippen molar-refractivity contribution in [2.75, 3.05) is 6.54 Å². The average Bonchev–Trinajstić information content (AvgIpc) is 2.58. The Morgan fingerprint density at radius 2 is 1.68 bits per heavy atom. The monoisotopic (exact) mass is 291 g/mol. The highest BCUT2D eigenvalue weighted by atomic mass is 16.1. The van der Waals surface area contributed by atoms with E-state index in [1.165, 1.54) is 11.1 Å². The number of benzene rings is 2. The summed E-state index contributed by atoms with van der Waals surface area (Å²) in [5.41, 5.74) is 3.49. The number of amides is 1. The minimum absolute atomic E-state index is 0.0435. The smallest absolute Gasteiger partial charge is 0.221 e. The highest BCUT2D eigenvalue weighted by Gasteiger charge is 2.01. The molecule has 112 valence electrons. The molecular weight excluding hydrogens is 270 g/mol. The normalized spacial score (nSPS) is 9.68. The first-order valence-corrected chi connectivity index (χ1v) is 7.66. The van der Waals surface area contributed by atoms with Gasteiger partial charge in [0.25, 0.3) is 0 Å². The number of rotatable bonds is 5. The number of aryl methyl sites for hydroxylation is 2. The summed E-state index contributed by atoms with van der Waals surface area (Å²) >= 11 is 0. The van der Waals surface area contributed by atoms with Gasteiger partial charge in [-0.25, -0.2) is 0 Å². The van der Waals surface area contributed by atoms with Crippen LogP contribution in [0.15, 0.2) is 54.6 Å². The number of hydrogen-bond acceptors (Lipinski definition) is 1. The molecular formula is C20H21NO. The van der Waals surface area contributed by atoms with Gasteiger partial charge in [-0.15, -0.1) is 0 Å². The lowest BCUT2D eigenvalue weighted by atomic mass is 10.1. The third-order valence-electron chi connectivity index (χ3n) is 3.45. The molecule has 0 heterocycles. The molecule has 0 spiro atoms. The summed E-state index contributed by atoms with van der Waals surface area (Å²) in [5, 5.41) is 2.83. The van der Waals surface area contributed by atoms with Gasteiger partial charge >= 0.3 is 0 Å². The lowest BCUT2D eigenvalue weighted by Gasteiger charge is -2.03. The molecule has 1 N–H and O–H groups in total. The zero-order valence-electron chi connectivity index (χ0n) is 12.9. The summed E-state index contributed by atoms with van der Waals surface area (Å²) in [6, 6.07) is 18.2. The van der Waals surface area contributed by atoms with Crippen LogP contribution in [0.25, 0.3) is 0 Å². The van der Waals surface area contributed by atoms with Crippen LogP contribution >= 0.6 is 0 Å². The van der Waals surface area contributed by atoms with Crippen molar-refractivity contribution in [3.63, 3.8) is 0 Å². The second kappa shape index (κ2) is 8.69. The molecule has 2 aromatic rings. The van der Waals surface area contributed by atoms with E-state index in [0.717, 1.165) is 18.4 Å². The predicted octanol–water partition coefficient (Wildman–Crippen LogP) is 3.35. The predicted molar refractivity (Wildman–Crippen MR) is 90.5 cm³/mol. The molecule has 0 aliphatic rings. The van der Waals surface area contributed by atoms with Crippen molar-refractivity contribution in [1.82, 2.24) is 5.32 Å². The fraction of sp³-hybridized carbons (Fsp3) is 0.250. The summed E-state index contributed by atoms with van der Waals surface area (Å²) in [6.45, 7) is 2.53. The van der Waals surface area contributed by atoms with E-state index in [-0.39, 0.29) is 5.91 Å². The summed E-state index contributed by atoms with van der Waals surface area (Å²) < 4.78 is 0. The maximum Gasteiger partial charge on any atom is 0.221 e. The molecule has 2 aromatic carbocycles. The fourth-order valence-electron chi connectivity index (χ4n) is 2.10. The second-order valence-electron chi connectivity index (χ2n) is 5.11. The molecule has 1 amide bonds. The molecule has 0 fully saturated rings. The first-order chi connectivity index (χ1) is 10.8. The van der Waals surface area contributed by atoms with Gasteiger partial charge in [-0.2, -0.15) is 0 Å². The molecule has 2 heteroatoms. The Balaban J connectivity index is 1.71. The van der Waals surface area contributed by atoms with Crippen molar-refractivity contribution in [2.24, 2.45) is 0 Å². The van der Waals surface area contributed by atoms with E-state index in [0.29, 0.717) is 13.0 Å². The first kappa shape index (κ1) is 15.9. The van der Waals surface area contributed by atoms with Crippen LogP contribution in [0.3, 0.4) is 0 Å². The Hall–Kier alpha value is -2.53. The third-order valence-corrected chi connectivity index (χ3v) is 3.45. The molecule has 2 nitrogen and oxygen atoms in total. The van der Waals surface area contributed by atoms with Crippen molar-refractivity contribution in [3.8, 4) is 11.8 Å². The third kappa shape index (κ3) is 5.46. The number of carbonyl (C=O) groups excluding carboxylic acids is 1. The van der Waals surface area contributed by atoms with Gasteiger partial charge in [0.2, 0.25) is 5.91 Å². The van der Waals surface area contributed by atoms with Crippen LogP contribution in [0.1, 0.15) is 30.0 Å². The van der Waals surface area contributed by atoms with Crippen LogP contribution in [0.4, 0.5) is 0 Å². The first-order valence-electron chi connectivity index (χ1n) is 7.66. The summed E-state index contributed by atoms with van der Waals surface area (Å²) in [4.78, 5) is 11.8. The van der Waals surface area contributed by atoms with Gasteiger partial charge in [-0.1, -0.05) is 61.2 Å². The zero-order valence-corrected chi connectivity index (χ0v) is 12.9. The molecule has 0 aromatic heterocycles. The summed E-state index contributed by atoms with van der Waals surface area (Å²) in [7, 11) is 0. The molecule has 0 atom stereocenters. The molecule has 2 rings (SSSR count). The van der Waals surface area contributed by atoms with Crippen molar-refractivity contribution in [2.45, 2.75) is 26.2 Å². The van der Waals surface area contributed by atoms with Crippen molar-refractivity contribution >= 4 is 5.91 Å². The maximum absolute atomic E-state index is 11.8. The van der Waals surface area contributed by atoms with Gasteiger partial charge < -0.3 is 5.32 Å². The molecule has 0 aliphatic heterocycles. The number of carbonyl (C=O) groups is 1. The van der Waals surface area contributed by atoms with Crippen LogP contribution in [0.2, 0.25) is 0 Å². The number of hydrogen-bond donors (Lipinski definition) is 1. The standard InChI is InChI=1S/C20H21NO/c1-2-17-10-12-19(13-11-17)14-15-20(22)21-16-6-9-18-7-4-3-5-8-18/h3-5,7-8,10-13H,2,14-16H2,1H3,(H,21,22). The SMILES string of the molecule is CCc1ccc(CCC(=O)NCC#Cc2ccccc2)cc1. The van der Waals surface area contributed by atoms with E-state index in [1.807, 2.05) is 30.3 Å². The highest BCUT2D eigenvalue weighted by molar-refractivity contribution is 5.76. The molecule has 0 radical (unpaired) electrons. The van der Waals surface area contributed by atoms with E-state index < -0.39 is 0 Å². The van der Waals surface area contributed by atoms with Crippen LogP contribution in [0, 0.1) is 11.8 Å². The lowest BCUT2D eigenvalue weighted by molar-refractivity contribution is -0.120. The quantitative estimate of drug-likeness (QED) is 0.841. The van der Waals surface area contributed by atoms with Crippen molar-refractivity contribution < 1.29 is 4.79 Å². The van der Waals surface area contributed by atoms with Crippen molar-refractivity contribution in [3.05, 3.63) is 71.3 Å². The Morgan fingerprint density at radius 1 is 1.00 bits per heavy atom. The van der Waals surface area contributed by atoms with Crippen LogP contribution < -0.4 is 5.32 Å². The van der Waals surface area contributed by atoms with Gasteiger partial charge in [0.05, 0.1) is 6.54 Å². The fourth-order valence-corrected chi connectivity index (χ4v) is 2.10. The van der Waals surface area contributed by atoms with E-state index in [2.05, 4.69) is 48.3 Å². The maximum atomic E-state index is 11.8. The molecule has 0 saturated carbocycles. The van der Waals surface area contributed by atoms with E-state index in [9.17, 15) is 4.79 Å². The molecule has 0 saturated heterocycles. The minimum Gasteiger partial charge on any atom is -0.345 e. The lowest BCUT2D eigenvalue weighted by Crippen LogP contribution is -2.23. The number of nitrogens with one attached hydrogen (secondary N) is 1. The van der Waals surface area contributed by atoms with Crippen LogP contribution in [0.5, 0.6) is 0 Å². The van der Waals surface area contributed by atoms with Gasteiger partial charge in [0.15, 0.2) is 0 Å². The van der Waals surface area contributed by atoms with Gasteiger partial charge in [-0.3, -0.25) is 4.79 Å². The average molecular weight is 291 g/mol. The minimum atomic E-state index is 0.0435. The van der Waals surface area contributed by atoms with Crippen molar-refractivity contribution in [1.29, 1.82) is 0 Å². The zero-order chi connectivity index (χ0) is 15.6. The Kier molecular flexibility index (Phi) is 6.26. The van der Waals surface area contributed by atoms with Crippen LogP contribution in [-0.4, -0.2) is 12.5 Å². The summed E-state index contributed by atoms with van der Waals surface area (Å²) in [6.07, 6.45) is 2.31.